The third-order valence-electron chi connectivity index (χ3n) is 3.42. The second kappa shape index (κ2) is 7.28. The average Bonchev–Trinajstić information content (AvgIpc) is 2.55. The van der Waals surface area contributed by atoms with E-state index in [0.717, 1.165) is 16.9 Å². The summed E-state index contributed by atoms with van der Waals surface area (Å²) >= 11 is 0. The molecule has 0 saturated carbocycles. The van der Waals surface area contributed by atoms with Gasteiger partial charge in [0.05, 0.1) is 25.2 Å². The van der Waals surface area contributed by atoms with Gasteiger partial charge in [-0.1, -0.05) is 24.3 Å². The largest absolute Gasteiger partial charge is 0.497 e. The Morgan fingerprint density at radius 1 is 1.18 bits per heavy atom. The SMILES string of the molecule is COc1cccc(CC(=O)N(C)Cc2ccc(C#N)cc2)c1. The van der Waals surface area contributed by atoms with E-state index in [4.69, 9.17) is 10.00 Å². The van der Waals surface area contributed by atoms with Gasteiger partial charge in [-0.15, -0.1) is 0 Å². The van der Waals surface area contributed by atoms with Crippen LogP contribution in [0.3, 0.4) is 0 Å². The van der Waals surface area contributed by atoms with E-state index >= 15 is 0 Å². The summed E-state index contributed by atoms with van der Waals surface area (Å²) in [6.07, 6.45) is 0.337. The summed E-state index contributed by atoms with van der Waals surface area (Å²) in [6, 6.07) is 16.9. The van der Waals surface area contributed by atoms with Crippen molar-refractivity contribution in [3.05, 3.63) is 65.2 Å². The maximum absolute atomic E-state index is 12.3. The van der Waals surface area contributed by atoms with E-state index in [1.807, 2.05) is 36.4 Å². The quantitative estimate of drug-likeness (QED) is 0.852. The highest BCUT2D eigenvalue weighted by atomic mass is 16.5. The fourth-order valence-corrected chi connectivity index (χ4v) is 2.14. The number of nitrogens with zero attached hydrogens (tertiary/aromatic N) is 2. The Labute approximate surface area is 130 Å². The van der Waals surface area contributed by atoms with Crippen LogP contribution in [0.5, 0.6) is 5.75 Å². The number of benzene rings is 2. The zero-order valence-corrected chi connectivity index (χ0v) is 12.7. The zero-order valence-electron chi connectivity index (χ0n) is 12.7. The first-order valence-electron chi connectivity index (χ1n) is 6.98. The lowest BCUT2D eigenvalue weighted by Gasteiger charge is -2.17. The molecule has 0 aliphatic heterocycles. The van der Waals surface area contributed by atoms with Crippen molar-refractivity contribution in [1.29, 1.82) is 5.26 Å². The van der Waals surface area contributed by atoms with Gasteiger partial charge in [-0.3, -0.25) is 4.79 Å². The Bertz CT molecular complexity index is 687. The van der Waals surface area contributed by atoms with Gasteiger partial charge >= 0.3 is 0 Å². The van der Waals surface area contributed by atoms with Gasteiger partial charge in [0.15, 0.2) is 0 Å². The van der Waals surface area contributed by atoms with E-state index in [-0.39, 0.29) is 5.91 Å². The molecule has 112 valence electrons. The Hall–Kier alpha value is -2.80. The second-order valence-electron chi connectivity index (χ2n) is 5.09. The van der Waals surface area contributed by atoms with Crippen molar-refractivity contribution >= 4 is 5.91 Å². The van der Waals surface area contributed by atoms with Crippen LogP contribution in [0.2, 0.25) is 0 Å². The molecule has 0 bridgehead atoms. The first kappa shape index (κ1) is 15.6. The minimum atomic E-state index is 0.0395. The van der Waals surface area contributed by atoms with Crippen LogP contribution >= 0.6 is 0 Å². The lowest BCUT2D eigenvalue weighted by Crippen LogP contribution is -2.27. The molecule has 0 spiro atoms. The third kappa shape index (κ3) is 4.10. The molecule has 2 rings (SSSR count). The number of amides is 1. The predicted molar refractivity (Wildman–Crippen MR) is 84.3 cm³/mol. The van der Waals surface area contributed by atoms with E-state index < -0.39 is 0 Å². The zero-order chi connectivity index (χ0) is 15.9. The molecule has 4 nitrogen and oxygen atoms in total. The molecule has 0 N–H and O–H groups in total. The molecule has 0 aromatic heterocycles. The van der Waals surface area contributed by atoms with Gasteiger partial charge < -0.3 is 9.64 Å². The lowest BCUT2D eigenvalue weighted by atomic mass is 10.1. The first-order valence-corrected chi connectivity index (χ1v) is 6.98. The molecule has 0 saturated heterocycles. The van der Waals surface area contributed by atoms with Crippen LogP contribution in [-0.4, -0.2) is 25.0 Å². The first-order chi connectivity index (χ1) is 10.6. The van der Waals surface area contributed by atoms with E-state index in [1.54, 1.807) is 31.2 Å². The van der Waals surface area contributed by atoms with Crippen molar-refractivity contribution in [1.82, 2.24) is 4.90 Å². The summed E-state index contributed by atoms with van der Waals surface area (Å²) in [5.74, 6) is 0.789. The smallest absolute Gasteiger partial charge is 0.227 e. The topological polar surface area (TPSA) is 53.3 Å². The van der Waals surface area contributed by atoms with Crippen LogP contribution in [0, 0.1) is 11.3 Å². The number of hydrogen-bond acceptors (Lipinski definition) is 3. The van der Waals surface area contributed by atoms with Crippen LogP contribution in [0.25, 0.3) is 0 Å². The molecular formula is C18H18N2O2. The van der Waals surface area contributed by atoms with Gasteiger partial charge in [-0.05, 0) is 35.4 Å². The average molecular weight is 294 g/mol. The number of nitriles is 1. The highest BCUT2D eigenvalue weighted by Gasteiger charge is 2.10. The van der Waals surface area contributed by atoms with Crippen LogP contribution in [0.4, 0.5) is 0 Å². The van der Waals surface area contributed by atoms with Crippen LogP contribution in [-0.2, 0) is 17.8 Å². The minimum absolute atomic E-state index is 0.0395. The molecule has 0 heterocycles. The van der Waals surface area contributed by atoms with Gasteiger partial charge in [-0.2, -0.15) is 5.26 Å². The molecule has 1 amide bonds. The molecule has 0 aliphatic carbocycles. The number of rotatable bonds is 5. The summed E-state index contributed by atoms with van der Waals surface area (Å²) in [4.78, 5) is 14.0. The van der Waals surface area contributed by atoms with Crippen molar-refractivity contribution < 1.29 is 9.53 Å². The van der Waals surface area contributed by atoms with Crippen molar-refractivity contribution in [2.24, 2.45) is 0 Å². The normalized spacial score (nSPS) is 9.86. The van der Waals surface area contributed by atoms with E-state index in [1.165, 1.54) is 0 Å². The van der Waals surface area contributed by atoms with E-state index in [2.05, 4.69) is 6.07 Å². The van der Waals surface area contributed by atoms with Crippen molar-refractivity contribution in [3.8, 4) is 11.8 Å². The number of ether oxygens (including phenoxy) is 1. The van der Waals surface area contributed by atoms with Gasteiger partial charge in [0, 0.05) is 13.6 Å². The molecule has 2 aromatic rings. The Balaban J connectivity index is 1.97. The van der Waals surface area contributed by atoms with Crippen molar-refractivity contribution in [3.63, 3.8) is 0 Å². The molecule has 0 atom stereocenters. The Morgan fingerprint density at radius 2 is 1.91 bits per heavy atom. The predicted octanol–water partition coefficient (Wildman–Crippen LogP) is 2.77. The minimum Gasteiger partial charge on any atom is -0.497 e. The standard InChI is InChI=1S/C18H18N2O2/c1-20(13-15-8-6-14(12-19)7-9-15)18(21)11-16-4-3-5-17(10-16)22-2/h3-10H,11,13H2,1-2H3. The van der Waals surface area contributed by atoms with E-state index in [0.29, 0.717) is 18.5 Å². The third-order valence-corrected chi connectivity index (χ3v) is 3.42. The lowest BCUT2D eigenvalue weighted by molar-refractivity contribution is -0.129. The molecule has 22 heavy (non-hydrogen) atoms. The monoisotopic (exact) mass is 294 g/mol. The fraction of sp³-hybridized carbons (Fsp3) is 0.222. The highest BCUT2D eigenvalue weighted by Crippen LogP contribution is 2.14. The molecule has 0 radical (unpaired) electrons. The molecule has 2 aromatic carbocycles. The summed E-state index contributed by atoms with van der Waals surface area (Å²) in [5, 5.41) is 8.78. The molecule has 0 unspecified atom stereocenters. The molecule has 0 fully saturated rings. The van der Waals surface area contributed by atoms with E-state index in [9.17, 15) is 4.79 Å². The molecular weight excluding hydrogens is 276 g/mol. The number of methoxy groups -OCH3 is 1. The van der Waals surface area contributed by atoms with Gasteiger partial charge in [0.1, 0.15) is 5.75 Å². The van der Waals surface area contributed by atoms with Gasteiger partial charge in [-0.25, -0.2) is 0 Å². The molecule has 0 aliphatic rings. The highest BCUT2D eigenvalue weighted by molar-refractivity contribution is 5.78. The number of carbonyl (C=O) groups excluding carboxylic acids is 1. The fourth-order valence-electron chi connectivity index (χ4n) is 2.14. The second-order valence-corrected chi connectivity index (χ2v) is 5.09. The Morgan fingerprint density at radius 3 is 2.55 bits per heavy atom. The summed E-state index contributed by atoms with van der Waals surface area (Å²) in [7, 11) is 3.39. The van der Waals surface area contributed by atoms with Gasteiger partial charge in [0.25, 0.3) is 0 Å². The Kier molecular flexibility index (Phi) is 5.16. The van der Waals surface area contributed by atoms with Gasteiger partial charge in [0.2, 0.25) is 5.91 Å². The van der Waals surface area contributed by atoms with Crippen molar-refractivity contribution in [2.45, 2.75) is 13.0 Å². The summed E-state index contributed by atoms with van der Waals surface area (Å²) in [6.45, 7) is 0.522. The number of likely N-dealkylation sites (N-methyl/N-ethyl adjacent to an activating group) is 1. The number of hydrogen-bond donors (Lipinski definition) is 0. The summed E-state index contributed by atoms with van der Waals surface area (Å²) in [5.41, 5.74) is 2.55. The molecule has 4 heteroatoms. The van der Waals surface area contributed by atoms with Crippen LogP contribution in [0.15, 0.2) is 48.5 Å². The maximum atomic E-state index is 12.3. The maximum Gasteiger partial charge on any atom is 0.227 e. The van der Waals surface area contributed by atoms with Crippen LogP contribution < -0.4 is 4.74 Å². The van der Waals surface area contributed by atoms with Crippen LogP contribution in [0.1, 0.15) is 16.7 Å². The summed E-state index contributed by atoms with van der Waals surface area (Å²) < 4.78 is 5.16. The van der Waals surface area contributed by atoms with Crippen molar-refractivity contribution in [2.75, 3.05) is 14.2 Å². The number of carbonyl (C=O) groups is 1.